The highest BCUT2D eigenvalue weighted by Gasteiger charge is 2.24. The first-order chi connectivity index (χ1) is 11.0. The van der Waals surface area contributed by atoms with Crippen LogP contribution in [0.15, 0.2) is 24.4 Å². The Bertz CT molecular complexity index is 730. The molecule has 0 radical (unpaired) electrons. The quantitative estimate of drug-likeness (QED) is 0.917. The van der Waals surface area contributed by atoms with Crippen LogP contribution < -0.4 is 10.1 Å². The maximum absolute atomic E-state index is 12.1. The highest BCUT2D eigenvalue weighted by molar-refractivity contribution is 6.35. The fraction of sp³-hybridized carbons (Fsp3) is 0.375. The van der Waals surface area contributed by atoms with Crippen LogP contribution in [-0.2, 0) is 18.3 Å². The van der Waals surface area contributed by atoms with Crippen LogP contribution in [0, 0.1) is 0 Å². The summed E-state index contributed by atoms with van der Waals surface area (Å²) in [6, 6.07) is 4.89. The van der Waals surface area contributed by atoms with Gasteiger partial charge in [0.25, 0.3) is 5.91 Å². The summed E-state index contributed by atoms with van der Waals surface area (Å²) in [5, 5.41) is 8.19. The predicted octanol–water partition coefficient (Wildman–Crippen LogP) is 3.30. The van der Waals surface area contributed by atoms with Crippen molar-refractivity contribution in [2.24, 2.45) is 7.05 Å². The molecule has 1 aromatic carbocycles. The Morgan fingerprint density at radius 3 is 3.09 bits per heavy atom. The summed E-state index contributed by atoms with van der Waals surface area (Å²) in [5.41, 5.74) is 2.28. The van der Waals surface area contributed by atoms with E-state index in [2.05, 4.69) is 10.4 Å². The molecule has 1 amide bonds. The molecule has 1 aliphatic carbocycles. The van der Waals surface area contributed by atoms with Gasteiger partial charge >= 0.3 is 0 Å². The molecular formula is C16H17Cl2N3O2. The molecule has 7 heteroatoms. The second-order valence-electron chi connectivity index (χ2n) is 5.55. The first kappa shape index (κ1) is 16.1. The smallest absolute Gasteiger partial charge is 0.258 e. The third kappa shape index (κ3) is 3.62. The van der Waals surface area contributed by atoms with Gasteiger partial charge in [-0.25, -0.2) is 0 Å². The third-order valence-corrected chi connectivity index (χ3v) is 4.49. The lowest BCUT2D eigenvalue weighted by molar-refractivity contribution is -0.123. The summed E-state index contributed by atoms with van der Waals surface area (Å²) in [7, 11) is 1.93. The highest BCUT2D eigenvalue weighted by atomic mass is 35.5. The van der Waals surface area contributed by atoms with Gasteiger partial charge in [0.05, 0.1) is 17.3 Å². The molecule has 1 aromatic heterocycles. The number of fused-ring (bicyclic) bond motifs is 1. The molecular weight excluding hydrogens is 337 g/mol. The van der Waals surface area contributed by atoms with Gasteiger partial charge in [-0.3, -0.25) is 9.48 Å². The minimum atomic E-state index is -0.183. The number of rotatable bonds is 4. The van der Waals surface area contributed by atoms with Crippen LogP contribution in [-0.4, -0.2) is 22.3 Å². The van der Waals surface area contributed by atoms with E-state index in [1.807, 2.05) is 17.9 Å². The number of nitrogens with zero attached hydrogens (tertiary/aromatic N) is 2. The molecule has 1 atom stereocenters. The summed E-state index contributed by atoms with van der Waals surface area (Å²) in [6.07, 6.45) is 4.76. The van der Waals surface area contributed by atoms with Gasteiger partial charge in [0.15, 0.2) is 6.61 Å². The van der Waals surface area contributed by atoms with Crippen molar-refractivity contribution in [3.05, 3.63) is 45.7 Å². The number of aryl methyl sites for hydroxylation is 1. The molecule has 0 spiro atoms. The lowest BCUT2D eigenvalue weighted by Crippen LogP contribution is -2.34. The van der Waals surface area contributed by atoms with E-state index in [9.17, 15) is 4.79 Å². The molecule has 3 rings (SSSR count). The first-order valence-electron chi connectivity index (χ1n) is 7.42. The zero-order chi connectivity index (χ0) is 16.4. The van der Waals surface area contributed by atoms with Crippen LogP contribution in [0.5, 0.6) is 5.75 Å². The summed E-state index contributed by atoms with van der Waals surface area (Å²) in [6.45, 7) is -0.0898. The van der Waals surface area contributed by atoms with E-state index in [0.29, 0.717) is 15.8 Å². The first-order valence-corrected chi connectivity index (χ1v) is 8.18. The van der Waals surface area contributed by atoms with E-state index in [1.54, 1.807) is 18.2 Å². The van der Waals surface area contributed by atoms with Crippen LogP contribution >= 0.6 is 23.2 Å². The number of hydrogen-bond donors (Lipinski definition) is 1. The van der Waals surface area contributed by atoms with Crippen LogP contribution in [0.3, 0.4) is 0 Å². The number of carbonyl (C=O) groups excluding carboxylic acids is 1. The van der Waals surface area contributed by atoms with Gasteiger partial charge in [-0.1, -0.05) is 23.2 Å². The van der Waals surface area contributed by atoms with Gasteiger partial charge < -0.3 is 10.1 Å². The summed E-state index contributed by atoms with van der Waals surface area (Å²) >= 11 is 11.9. The molecule has 0 unspecified atom stereocenters. The van der Waals surface area contributed by atoms with Gasteiger partial charge in [0.2, 0.25) is 0 Å². The van der Waals surface area contributed by atoms with Crippen molar-refractivity contribution in [2.45, 2.75) is 25.3 Å². The maximum Gasteiger partial charge on any atom is 0.258 e. The monoisotopic (exact) mass is 353 g/mol. The Morgan fingerprint density at radius 1 is 1.48 bits per heavy atom. The van der Waals surface area contributed by atoms with Crippen molar-refractivity contribution < 1.29 is 9.53 Å². The van der Waals surface area contributed by atoms with Crippen LogP contribution in [0.1, 0.15) is 30.1 Å². The molecule has 122 valence electrons. The van der Waals surface area contributed by atoms with Crippen molar-refractivity contribution in [2.75, 3.05) is 6.61 Å². The number of carbonyl (C=O) groups is 1. The fourth-order valence-corrected chi connectivity index (χ4v) is 3.29. The summed E-state index contributed by atoms with van der Waals surface area (Å²) in [5.74, 6) is 0.259. The zero-order valence-electron chi connectivity index (χ0n) is 12.7. The van der Waals surface area contributed by atoms with Crippen molar-refractivity contribution in [3.8, 4) is 5.75 Å². The lowest BCUT2D eigenvalue weighted by atomic mass is 9.93. The number of ether oxygens (including phenoxy) is 1. The molecule has 0 aliphatic heterocycles. The third-order valence-electron chi connectivity index (χ3n) is 3.96. The van der Waals surface area contributed by atoms with Gasteiger partial charge in [0, 0.05) is 23.3 Å². The average molecular weight is 354 g/mol. The second kappa shape index (κ2) is 6.81. The topological polar surface area (TPSA) is 56.2 Å². The number of aromatic nitrogens is 2. The van der Waals surface area contributed by atoms with E-state index >= 15 is 0 Å². The number of benzene rings is 1. The number of halogens is 2. The molecule has 0 saturated heterocycles. The molecule has 0 bridgehead atoms. The number of hydrogen-bond acceptors (Lipinski definition) is 3. The normalized spacial score (nSPS) is 16.7. The van der Waals surface area contributed by atoms with Crippen molar-refractivity contribution in [1.82, 2.24) is 15.1 Å². The number of amides is 1. The van der Waals surface area contributed by atoms with E-state index in [-0.39, 0.29) is 18.6 Å². The summed E-state index contributed by atoms with van der Waals surface area (Å²) < 4.78 is 7.34. The van der Waals surface area contributed by atoms with Crippen molar-refractivity contribution in [1.29, 1.82) is 0 Å². The zero-order valence-corrected chi connectivity index (χ0v) is 14.2. The highest BCUT2D eigenvalue weighted by Crippen LogP contribution is 2.29. The molecule has 1 heterocycles. The Kier molecular flexibility index (Phi) is 4.78. The maximum atomic E-state index is 12.1. The Hall–Kier alpha value is -1.72. The van der Waals surface area contributed by atoms with Crippen LogP contribution in [0.25, 0.3) is 0 Å². The molecule has 5 nitrogen and oxygen atoms in total. The van der Waals surface area contributed by atoms with Crippen LogP contribution in [0.2, 0.25) is 10.0 Å². The van der Waals surface area contributed by atoms with Gasteiger partial charge in [-0.05, 0) is 37.5 Å². The lowest BCUT2D eigenvalue weighted by Gasteiger charge is -2.23. The largest absolute Gasteiger partial charge is 0.482 e. The van der Waals surface area contributed by atoms with Gasteiger partial charge in [0.1, 0.15) is 5.75 Å². The predicted molar refractivity (Wildman–Crippen MR) is 89.0 cm³/mol. The molecule has 1 N–H and O–H groups in total. The number of nitrogens with one attached hydrogen (secondary N) is 1. The minimum absolute atomic E-state index is 0.00996. The summed E-state index contributed by atoms with van der Waals surface area (Å²) in [4.78, 5) is 12.1. The minimum Gasteiger partial charge on any atom is -0.482 e. The SMILES string of the molecule is Cn1ncc2c1CCC[C@@H]2NC(=O)COc1ccc(Cl)cc1Cl. The molecule has 0 fully saturated rings. The van der Waals surface area contributed by atoms with Gasteiger partial charge in [-0.15, -0.1) is 0 Å². The average Bonchev–Trinajstić information content (AvgIpc) is 2.89. The fourth-order valence-electron chi connectivity index (χ4n) is 2.83. The van der Waals surface area contributed by atoms with Crippen molar-refractivity contribution >= 4 is 29.1 Å². The Morgan fingerprint density at radius 2 is 2.30 bits per heavy atom. The molecule has 1 aliphatic rings. The molecule has 0 saturated carbocycles. The van der Waals surface area contributed by atoms with Crippen LogP contribution in [0.4, 0.5) is 0 Å². The van der Waals surface area contributed by atoms with E-state index in [1.165, 1.54) is 5.69 Å². The Labute approximate surface area is 144 Å². The second-order valence-corrected chi connectivity index (χ2v) is 6.39. The molecule has 23 heavy (non-hydrogen) atoms. The van der Waals surface area contributed by atoms with E-state index in [4.69, 9.17) is 27.9 Å². The van der Waals surface area contributed by atoms with E-state index < -0.39 is 0 Å². The van der Waals surface area contributed by atoms with Gasteiger partial charge in [-0.2, -0.15) is 5.10 Å². The standard InChI is InChI=1S/C16H17Cl2N3O2/c1-21-14-4-2-3-13(11(14)8-19-21)20-16(22)9-23-15-6-5-10(17)7-12(15)18/h5-8,13H,2-4,9H2,1H3,(H,20,22)/t13-/m0/s1. The molecule has 2 aromatic rings. The van der Waals surface area contributed by atoms with E-state index in [0.717, 1.165) is 24.8 Å². The Balaban J connectivity index is 1.60. The van der Waals surface area contributed by atoms with Crippen molar-refractivity contribution in [3.63, 3.8) is 0 Å².